The van der Waals surface area contributed by atoms with Crippen LogP contribution in [0.5, 0.6) is 0 Å². The minimum absolute atomic E-state index is 0.0767. The molecule has 0 radical (unpaired) electrons. The summed E-state index contributed by atoms with van der Waals surface area (Å²) in [6.45, 7) is 0. The minimum atomic E-state index is -0.752. The summed E-state index contributed by atoms with van der Waals surface area (Å²) in [7, 11) is 1.87. The van der Waals surface area contributed by atoms with Crippen molar-refractivity contribution < 1.29 is 13.6 Å². The molecule has 0 saturated carbocycles. The van der Waals surface area contributed by atoms with Gasteiger partial charge in [0.15, 0.2) is 5.16 Å². The van der Waals surface area contributed by atoms with Crippen molar-refractivity contribution in [3.05, 3.63) is 77.1 Å². The van der Waals surface area contributed by atoms with E-state index in [1.807, 2.05) is 23.7 Å². The Morgan fingerprint density at radius 2 is 2.04 bits per heavy atom. The molecule has 9 heteroatoms. The van der Waals surface area contributed by atoms with Crippen LogP contribution in [0.15, 0.2) is 59.0 Å². The van der Waals surface area contributed by atoms with Gasteiger partial charge in [0.05, 0.1) is 6.21 Å². The van der Waals surface area contributed by atoms with Gasteiger partial charge in [-0.1, -0.05) is 23.9 Å². The fourth-order valence-electron chi connectivity index (χ4n) is 2.13. The molecule has 1 N–H and O–H groups in total. The number of halogens is 2. The molecule has 1 amide bonds. The van der Waals surface area contributed by atoms with E-state index in [-0.39, 0.29) is 5.56 Å². The molecule has 138 valence electrons. The van der Waals surface area contributed by atoms with E-state index in [2.05, 4.69) is 20.7 Å². The van der Waals surface area contributed by atoms with E-state index in [9.17, 15) is 13.6 Å². The molecule has 0 saturated heterocycles. The van der Waals surface area contributed by atoms with Crippen LogP contribution in [0.4, 0.5) is 8.78 Å². The molecule has 0 aliphatic heterocycles. The normalized spacial score (nSPS) is 11.1. The SMILES string of the molecule is Cn1cnnc1SCc1ccc(C(=O)N/N=C\c2ccc(F)cc2F)cc1. The third-order valence-electron chi connectivity index (χ3n) is 3.59. The number of carbonyl (C=O) groups excluding carboxylic acids is 1. The first kappa shape index (κ1) is 18.7. The van der Waals surface area contributed by atoms with Crippen LogP contribution < -0.4 is 5.43 Å². The van der Waals surface area contributed by atoms with Crippen molar-refractivity contribution in [1.29, 1.82) is 0 Å². The summed E-state index contributed by atoms with van der Waals surface area (Å²) in [4.78, 5) is 12.1. The van der Waals surface area contributed by atoms with Crippen molar-refractivity contribution >= 4 is 23.9 Å². The number of aryl methyl sites for hydroxylation is 1. The predicted octanol–water partition coefficient (Wildman–Crippen LogP) is 3.15. The van der Waals surface area contributed by atoms with Crippen molar-refractivity contribution in [3.8, 4) is 0 Å². The van der Waals surface area contributed by atoms with Gasteiger partial charge in [0.25, 0.3) is 5.91 Å². The maximum atomic E-state index is 13.5. The zero-order valence-corrected chi connectivity index (χ0v) is 15.1. The van der Waals surface area contributed by atoms with Gasteiger partial charge in [-0.25, -0.2) is 14.2 Å². The lowest BCUT2D eigenvalue weighted by Crippen LogP contribution is -2.17. The molecular formula is C18H15F2N5OS. The van der Waals surface area contributed by atoms with Crippen LogP contribution in [-0.4, -0.2) is 26.9 Å². The molecule has 0 spiro atoms. The first-order chi connectivity index (χ1) is 13.0. The highest BCUT2D eigenvalue weighted by Gasteiger charge is 2.06. The zero-order valence-electron chi connectivity index (χ0n) is 14.3. The fraction of sp³-hybridized carbons (Fsp3) is 0.111. The van der Waals surface area contributed by atoms with Crippen LogP contribution in [0.25, 0.3) is 0 Å². The number of rotatable bonds is 6. The Kier molecular flexibility index (Phi) is 5.92. The fourth-order valence-corrected chi connectivity index (χ4v) is 2.98. The van der Waals surface area contributed by atoms with Gasteiger partial charge < -0.3 is 4.57 Å². The first-order valence-electron chi connectivity index (χ1n) is 7.87. The second kappa shape index (κ2) is 8.54. The van der Waals surface area contributed by atoms with Gasteiger partial charge in [-0.3, -0.25) is 4.79 Å². The number of hydrazone groups is 1. The summed E-state index contributed by atoms with van der Waals surface area (Å²) < 4.78 is 28.2. The largest absolute Gasteiger partial charge is 0.312 e. The number of amides is 1. The van der Waals surface area contributed by atoms with Crippen LogP contribution in [0.1, 0.15) is 21.5 Å². The highest BCUT2D eigenvalue weighted by molar-refractivity contribution is 7.98. The molecule has 0 aliphatic carbocycles. The van der Waals surface area contributed by atoms with Gasteiger partial charge in [0.1, 0.15) is 18.0 Å². The number of carbonyl (C=O) groups is 1. The van der Waals surface area contributed by atoms with Gasteiger partial charge >= 0.3 is 0 Å². The number of benzene rings is 2. The Hall–Kier alpha value is -3.07. The molecule has 0 unspecified atom stereocenters. The van der Waals surface area contributed by atoms with E-state index in [0.717, 1.165) is 29.1 Å². The molecule has 3 aromatic rings. The van der Waals surface area contributed by atoms with E-state index >= 15 is 0 Å². The van der Waals surface area contributed by atoms with E-state index in [1.54, 1.807) is 18.5 Å². The molecule has 1 aromatic heterocycles. The third kappa shape index (κ3) is 4.98. The quantitative estimate of drug-likeness (QED) is 0.401. The van der Waals surface area contributed by atoms with Crippen LogP contribution in [0.2, 0.25) is 0 Å². The summed E-state index contributed by atoms with van der Waals surface area (Å²) in [6.07, 6.45) is 2.76. The number of hydrogen-bond donors (Lipinski definition) is 1. The minimum Gasteiger partial charge on any atom is -0.312 e. The second-order valence-electron chi connectivity index (χ2n) is 5.57. The molecule has 27 heavy (non-hydrogen) atoms. The summed E-state index contributed by atoms with van der Waals surface area (Å²) in [5.41, 5.74) is 3.83. The van der Waals surface area contributed by atoms with Crippen LogP contribution >= 0.6 is 11.8 Å². The van der Waals surface area contributed by atoms with Crippen molar-refractivity contribution in [3.63, 3.8) is 0 Å². The maximum absolute atomic E-state index is 13.5. The van der Waals surface area contributed by atoms with Crippen LogP contribution in [-0.2, 0) is 12.8 Å². The zero-order chi connectivity index (χ0) is 19.2. The van der Waals surface area contributed by atoms with Gasteiger partial charge in [-0.15, -0.1) is 10.2 Å². The topological polar surface area (TPSA) is 72.2 Å². The Bertz CT molecular complexity index is 972. The lowest BCUT2D eigenvalue weighted by molar-refractivity contribution is 0.0955. The van der Waals surface area contributed by atoms with Crippen molar-refractivity contribution in [2.45, 2.75) is 10.9 Å². The summed E-state index contributed by atoms with van der Waals surface area (Å²) >= 11 is 1.54. The number of aromatic nitrogens is 3. The lowest BCUT2D eigenvalue weighted by atomic mass is 10.1. The summed E-state index contributed by atoms with van der Waals surface area (Å²) in [6, 6.07) is 10.1. The van der Waals surface area contributed by atoms with Crippen molar-refractivity contribution in [1.82, 2.24) is 20.2 Å². The van der Waals surface area contributed by atoms with Crippen molar-refractivity contribution in [2.75, 3.05) is 0 Å². The molecule has 0 fully saturated rings. The molecular weight excluding hydrogens is 372 g/mol. The molecule has 0 atom stereocenters. The predicted molar refractivity (Wildman–Crippen MR) is 98.4 cm³/mol. The molecule has 3 rings (SSSR count). The smallest absolute Gasteiger partial charge is 0.271 e. The average Bonchev–Trinajstić information content (AvgIpc) is 3.07. The molecule has 0 bridgehead atoms. The van der Waals surface area contributed by atoms with E-state index in [1.165, 1.54) is 17.8 Å². The van der Waals surface area contributed by atoms with E-state index in [4.69, 9.17) is 0 Å². The molecule has 0 aliphatic rings. The van der Waals surface area contributed by atoms with Crippen molar-refractivity contribution in [2.24, 2.45) is 12.1 Å². The highest BCUT2D eigenvalue weighted by Crippen LogP contribution is 2.20. The Balaban J connectivity index is 1.55. The second-order valence-corrected chi connectivity index (χ2v) is 6.52. The summed E-state index contributed by atoms with van der Waals surface area (Å²) in [5.74, 6) is -1.17. The molecule has 1 heterocycles. The number of nitrogens with zero attached hydrogens (tertiary/aromatic N) is 4. The first-order valence-corrected chi connectivity index (χ1v) is 8.85. The number of thioether (sulfide) groups is 1. The Labute approximate surface area is 158 Å². The van der Waals surface area contributed by atoms with Gasteiger partial charge in [0.2, 0.25) is 0 Å². The van der Waals surface area contributed by atoms with Crippen LogP contribution in [0, 0.1) is 11.6 Å². The standard InChI is InChI=1S/C18H15F2N5OS/c1-25-11-22-24-18(25)27-10-12-2-4-13(5-3-12)17(26)23-21-9-14-6-7-15(19)8-16(14)20/h2-9,11H,10H2,1H3,(H,23,26)/b21-9-. The number of nitrogens with one attached hydrogen (secondary N) is 1. The average molecular weight is 387 g/mol. The van der Waals surface area contributed by atoms with Crippen LogP contribution in [0.3, 0.4) is 0 Å². The Morgan fingerprint density at radius 1 is 1.26 bits per heavy atom. The monoisotopic (exact) mass is 387 g/mol. The Morgan fingerprint density at radius 3 is 2.70 bits per heavy atom. The number of hydrogen-bond acceptors (Lipinski definition) is 5. The molecule has 6 nitrogen and oxygen atoms in total. The van der Waals surface area contributed by atoms with Gasteiger partial charge in [-0.05, 0) is 29.8 Å². The van der Waals surface area contributed by atoms with Gasteiger partial charge in [-0.2, -0.15) is 5.10 Å². The van der Waals surface area contributed by atoms with Gasteiger partial charge in [0, 0.05) is 30.0 Å². The molecule has 2 aromatic carbocycles. The van der Waals surface area contributed by atoms with E-state index < -0.39 is 17.5 Å². The maximum Gasteiger partial charge on any atom is 0.271 e. The summed E-state index contributed by atoms with van der Waals surface area (Å²) in [5, 5.41) is 12.3. The highest BCUT2D eigenvalue weighted by atomic mass is 32.2. The van der Waals surface area contributed by atoms with E-state index in [0.29, 0.717) is 11.3 Å². The lowest BCUT2D eigenvalue weighted by Gasteiger charge is -2.03. The third-order valence-corrected chi connectivity index (χ3v) is 4.69.